The Kier molecular flexibility index (Phi) is 4.15. The van der Waals surface area contributed by atoms with E-state index in [1.165, 1.54) is 12.8 Å². The minimum absolute atomic E-state index is 0.0432. The Morgan fingerprint density at radius 1 is 1.15 bits per heavy atom. The molecule has 0 aromatic heterocycles. The maximum absolute atomic E-state index is 12.3. The Balaban J connectivity index is 1.70. The lowest BCUT2D eigenvalue weighted by molar-refractivity contribution is 0.0928. The average molecular weight is 340 g/mol. The zero-order valence-corrected chi connectivity index (χ0v) is 12.8. The van der Waals surface area contributed by atoms with Crippen LogP contribution in [-0.2, 0) is 0 Å². The van der Waals surface area contributed by atoms with Crippen molar-refractivity contribution in [2.45, 2.75) is 36.6 Å². The normalized spacial score (nSPS) is 25.1. The van der Waals surface area contributed by atoms with Crippen LogP contribution in [0.15, 0.2) is 18.2 Å². The number of hydrogen-bond acceptors (Lipinski definition) is 3. The molecule has 108 valence electrons. The molecule has 0 saturated heterocycles. The SMILES string of the molecule is O=C(NC1CCCCC1Br)c1ccc2c(c1)OCCO2. The average Bonchev–Trinajstić information content (AvgIpc) is 2.49. The first-order valence-corrected chi connectivity index (χ1v) is 8.00. The van der Waals surface area contributed by atoms with E-state index in [-0.39, 0.29) is 11.9 Å². The molecule has 1 N–H and O–H groups in total. The number of benzene rings is 1. The molecule has 1 aromatic carbocycles. The zero-order chi connectivity index (χ0) is 13.9. The molecule has 3 rings (SSSR count). The maximum Gasteiger partial charge on any atom is 0.251 e. The lowest BCUT2D eigenvalue weighted by atomic mass is 9.95. The van der Waals surface area contributed by atoms with Gasteiger partial charge in [0.15, 0.2) is 11.5 Å². The van der Waals surface area contributed by atoms with Crippen LogP contribution in [0, 0.1) is 0 Å². The van der Waals surface area contributed by atoms with Gasteiger partial charge in [-0.05, 0) is 31.0 Å². The van der Waals surface area contributed by atoms with Crippen molar-refractivity contribution in [1.82, 2.24) is 5.32 Å². The third-order valence-corrected chi connectivity index (χ3v) is 4.90. The fraction of sp³-hybridized carbons (Fsp3) is 0.533. The number of alkyl halides is 1. The number of rotatable bonds is 2. The molecule has 0 bridgehead atoms. The van der Waals surface area contributed by atoms with E-state index in [9.17, 15) is 4.79 Å². The summed E-state index contributed by atoms with van der Waals surface area (Å²) in [6.07, 6.45) is 4.55. The molecule has 1 amide bonds. The predicted molar refractivity (Wildman–Crippen MR) is 79.9 cm³/mol. The van der Waals surface area contributed by atoms with Crippen molar-refractivity contribution in [2.75, 3.05) is 13.2 Å². The highest BCUT2D eigenvalue weighted by molar-refractivity contribution is 9.09. The van der Waals surface area contributed by atoms with Crippen molar-refractivity contribution >= 4 is 21.8 Å². The summed E-state index contributed by atoms with van der Waals surface area (Å²) in [7, 11) is 0. The van der Waals surface area contributed by atoms with Gasteiger partial charge in [0.25, 0.3) is 5.91 Å². The molecule has 1 fully saturated rings. The van der Waals surface area contributed by atoms with Gasteiger partial charge in [-0.1, -0.05) is 28.8 Å². The molecular weight excluding hydrogens is 322 g/mol. The van der Waals surface area contributed by atoms with E-state index in [0.29, 0.717) is 35.1 Å². The van der Waals surface area contributed by atoms with Crippen molar-refractivity contribution in [3.63, 3.8) is 0 Å². The van der Waals surface area contributed by atoms with E-state index in [4.69, 9.17) is 9.47 Å². The lowest BCUT2D eigenvalue weighted by Crippen LogP contribution is -2.42. The molecule has 1 saturated carbocycles. The van der Waals surface area contributed by atoms with Gasteiger partial charge in [0, 0.05) is 16.4 Å². The first kappa shape index (κ1) is 13.7. The summed E-state index contributed by atoms with van der Waals surface area (Å²) in [4.78, 5) is 12.7. The number of nitrogens with one attached hydrogen (secondary N) is 1. The van der Waals surface area contributed by atoms with Crippen molar-refractivity contribution in [1.29, 1.82) is 0 Å². The highest BCUT2D eigenvalue weighted by Crippen LogP contribution is 2.31. The lowest BCUT2D eigenvalue weighted by Gasteiger charge is -2.28. The summed E-state index contributed by atoms with van der Waals surface area (Å²) >= 11 is 3.66. The summed E-state index contributed by atoms with van der Waals surface area (Å²) < 4.78 is 11.0. The largest absolute Gasteiger partial charge is 0.486 e. The minimum Gasteiger partial charge on any atom is -0.486 e. The predicted octanol–water partition coefficient (Wildman–Crippen LogP) is 2.89. The molecule has 0 spiro atoms. The van der Waals surface area contributed by atoms with Gasteiger partial charge in [0.2, 0.25) is 0 Å². The van der Waals surface area contributed by atoms with E-state index in [1.54, 1.807) is 18.2 Å². The van der Waals surface area contributed by atoms with Gasteiger partial charge in [-0.2, -0.15) is 0 Å². The maximum atomic E-state index is 12.3. The first-order chi connectivity index (χ1) is 9.74. The fourth-order valence-electron chi connectivity index (χ4n) is 2.68. The van der Waals surface area contributed by atoms with Gasteiger partial charge >= 0.3 is 0 Å². The number of hydrogen-bond donors (Lipinski definition) is 1. The Morgan fingerprint density at radius 3 is 2.70 bits per heavy atom. The van der Waals surface area contributed by atoms with Crippen LogP contribution in [0.5, 0.6) is 11.5 Å². The molecule has 1 heterocycles. The quantitative estimate of drug-likeness (QED) is 0.842. The Morgan fingerprint density at radius 2 is 1.90 bits per heavy atom. The third kappa shape index (κ3) is 2.92. The molecule has 1 aromatic rings. The molecular formula is C15H18BrNO3. The van der Waals surface area contributed by atoms with Crippen molar-refractivity contribution < 1.29 is 14.3 Å². The van der Waals surface area contributed by atoms with Crippen molar-refractivity contribution in [3.05, 3.63) is 23.8 Å². The number of ether oxygens (including phenoxy) is 2. The van der Waals surface area contributed by atoms with Gasteiger partial charge in [-0.15, -0.1) is 0 Å². The van der Waals surface area contributed by atoms with Crippen LogP contribution >= 0.6 is 15.9 Å². The molecule has 2 atom stereocenters. The number of carbonyl (C=O) groups is 1. The first-order valence-electron chi connectivity index (χ1n) is 7.08. The molecule has 5 heteroatoms. The van der Waals surface area contributed by atoms with E-state index in [0.717, 1.165) is 12.8 Å². The summed E-state index contributed by atoms with van der Waals surface area (Å²) in [5.41, 5.74) is 0.625. The van der Waals surface area contributed by atoms with Crippen LogP contribution in [-0.4, -0.2) is 30.0 Å². The molecule has 4 nitrogen and oxygen atoms in total. The van der Waals surface area contributed by atoms with Gasteiger partial charge < -0.3 is 14.8 Å². The second kappa shape index (κ2) is 6.04. The van der Waals surface area contributed by atoms with Crippen LogP contribution in [0.1, 0.15) is 36.0 Å². The van der Waals surface area contributed by atoms with E-state index in [2.05, 4.69) is 21.2 Å². The van der Waals surface area contributed by atoms with Crippen LogP contribution < -0.4 is 14.8 Å². The van der Waals surface area contributed by atoms with Gasteiger partial charge in [-0.25, -0.2) is 0 Å². The molecule has 2 unspecified atom stereocenters. The van der Waals surface area contributed by atoms with E-state index < -0.39 is 0 Å². The Labute approximate surface area is 127 Å². The Hall–Kier alpha value is -1.23. The zero-order valence-electron chi connectivity index (χ0n) is 11.2. The summed E-state index contributed by atoms with van der Waals surface area (Å²) in [5, 5.41) is 3.11. The van der Waals surface area contributed by atoms with Crippen LogP contribution in [0.3, 0.4) is 0 Å². The molecule has 0 radical (unpaired) electrons. The van der Waals surface area contributed by atoms with Gasteiger partial charge in [-0.3, -0.25) is 4.79 Å². The topological polar surface area (TPSA) is 47.6 Å². The molecule has 2 aliphatic rings. The molecule has 1 aliphatic carbocycles. The minimum atomic E-state index is -0.0432. The summed E-state index contributed by atoms with van der Waals surface area (Å²) in [6, 6.07) is 5.56. The fourth-order valence-corrected chi connectivity index (χ4v) is 3.40. The summed E-state index contributed by atoms with van der Waals surface area (Å²) in [5.74, 6) is 1.32. The third-order valence-electron chi connectivity index (χ3n) is 3.80. The molecule has 1 aliphatic heterocycles. The van der Waals surface area contributed by atoms with Crippen LogP contribution in [0.2, 0.25) is 0 Å². The second-order valence-electron chi connectivity index (χ2n) is 5.24. The van der Waals surface area contributed by atoms with Gasteiger partial charge in [0.1, 0.15) is 13.2 Å². The molecule has 20 heavy (non-hydrogen) atoms. The number of amides is 1. The number of fused-ring (bicyclic) bond motifs is 1. The highest BCUT2D eigenvalue weighted by atomic mass is 79.9. The van der Waals surface area contributed by atoms with Crippen LogP contribution in [0.25, 0.3) is 0 Å². The Bertz CT molecular complexity index is 506. The van der Waals surface area contributed by atoms with E-state index in [1.807, 2.05) is 0 Å². The van der Waals surface area contributed by atoms with Crippen LogP contribution in [0.4, 0.5) is 0 Å². The smallest absolute Gasteiger partial charge is 0.251 e. The van der Waals surface area contributed by atoms with Crippen molar-refractivity contribution in [2.24, 2.45) is 0 Å². The standard InChI is InChI=1S/C15H18BrNO3/c16-11-3-1-2-4-12(11)17-15(18)10-5-6-13-14(9-10)20-8-7-19-13/h5-6,9,11-12H,1-4,7-8H2,(H,17,18). The summed E-state index contributed by atoms with van der Waals surface area (Å²) in [6.45, 7) is 1.09. The van der Waals surface area contributed by atoms with Gasteiger partial charge in [0.05, 0.1) is 0 Å². The monoisotopic (exact) mass is 339 g/mol. The highest BCUT2D eigenvalue weighted by Gasteiger charge is 2.25. The number of halogens is 1. The number of carbonyl (C=O) groups excluding carboxylic acids is 1. The van der Waals surface area contributed by atoms with E-state index >= 15 is 0 Å². The second-order valence-corrected chi connectivity index (χ2v) is 6.41. The van der Waals surface area contributed by atoms with Crippen molar-refractivity contribution in [3.8, 4) is 11.5 Å².